The normalized spacial score (nSPS) is 10.9. The summed E-state index contributed by atoms with van der Waals surface area (Å²) in [5.41, 5.74) is 3.69. The highest BCUT2D eigenvalue weighted by molar-refractivity contribution is 5.91. The molecule has 0 heterocycles. The van der Waals surface area contributed by atoms with E-state index in [0.717, 1.165) is 19.3 Å². The number of amides is 1. The lowest BCUT2D eigenvalue weighted by Crippen LogP contribution is -2.16. The van der Waals surface area contributed by atoms with E-state index in [1.165, 1.54) is 58.3 Å². The molecule has 7 heteroatoms. The van der Waals surface area contributed by atoms with Crippen LogP contribution in [0.1, 0.15) is 100 Å². The van der Waals surface area contributed by atoms with Gasteiger partial charge >= 0.3 is 5.97 Å². The second-order valence-corrected chi connectivity index (χ2v) is 9.04. The van der Waals surface area contributed by atoms with E-state index in [2.05, 4.69) is 17.5 Å². The molecular formula is C30H42N2O5. The number of hydrogen-bond acceptors (Lipinski definition) is 6. The van der Waals surface area contributed by atoms with Crippen LogP contribution in [0.25, 0.3) is 0 Å². The minimum absolute atomic E-state index is 0.0946. The number of hydrogen-bond donors (Lipinski definition) is 1. The Morgan fingerprint density at radius 2 is 1.51 bits per heavy atom. The van der Waals surface area contributed by atoms with Crippen LogP contribution < -0.4 is 19.6 Å². The van der Waals surface area contributed by atoms with Crippen LogP contribution in [0.3, 0.4) is 0 Å². The Hall–Kier alpha value is -3.35. The van der Waals surface area contributed by atoms with Crippen molar-refractivity contribution in [1.82, 2.24) is 5.43 Å². The Balaban J connectivity index is 1.75. The fraction of sp³-hybridized carbons (Fsp3) is 0.500. The van der Waals surface area contributed by atoms with Crippen molar-refractivity contribution >= 4 is 18.1 Å². The van der Waals surface area contributed by atoms with Crippen LogP contribution in [-0.2, 0) is 4.79 Å². The quantitative estimate of drug-likeness (QED) is 0.0762. The van der Waals surface area contributed by atoms with Gasteiger partial charge < -0.3 is 14.2 Å². The lowest BCUT2D eigenvalue weighted by molar-refractivity contribution is -0.121. The van der Waals surface area contributed by atoms with Gasteiger partial charge in [0, 0.05) is 6.42 Å². The van der Waals surface area contributed by atoms with E-state index < -0.39 is 5.97 Å². The molecule has 0 unspecified atom stereocenters. The lowest BCUT2D eigenvalue weighted by Gasteiger charge is -2.10. The molecule has 2 aromatic rings. The predicted octanol–water partition coefficient (Wildman–Crippen LogP) is 7.07. The summed E-state index contributed by atoms with van der Waals surface area (Å²) >= 11 is 0. The summed E-state index contributed by atoms with van der Waals surface area (Å²) < 4.78 is 16.4. The smallest absolute Gasteiger partial charge is 0.343 e. The number of esters is 1. The number of ether oxygens (including phenoxy) is 3. The first-order valence-corrected chi connectivity index (χ1v) is 13.5. The first-order valence-electron chi connectivity index (χ1n) is 13.5. The van der Waals surface area contributed by atoms with E-state index in [1.807, 2.05) is 6.92 Å². The van der Waals surface area contributed by atoms with Crippen molar-refractivity contribution in [2.24, 2.45) is 5.10 Å². The van der Waals surface area contributed by atoms with Crippen molar-refractivity contribution in [1.29, 1.82) is 0 Å². The van der Waals surface area contributed by atoms with E-state index in [1.54, 1.807) is 42.5 Å². The third-order valence-electron chi connectivity index (χ3n) is 5.86. The molecule has 0 aliphatic carbocycles. The second-order valence-electron chi connectivity index (χ2n) is 9.04. The van der Waals surface area contributed by atoms with E-state index in [9.17, 15) is 9.59 Å². The van der Waals surface area contributed by atoms with Gasteiger partial charge in [-0.2, -0.15) is 5.10 Å². The fourth-order valence-electron chi connectivity index (χ4n) is 3.75. The number of unbranched alkanes of at least 4 members (excludes halogenated alkanes) is 8. The van der Waals surface area contributed by atoms with Crippen molar-refractivity contribution < 1.29 is 23.8 Å². The standard InChI is InChI=1S/C30H42N2O5/c1-4-6-7-8-9-10-11-12-13-14-29(33)32-31-23-24-15-20-27(28(22-24)35-3)37-30(34)25-16-18-26(19-17-25)36-21-5-2/h15-20,22-23H,4-14,21H2,1-3H3,(H,32,33)/b31-23-. The van der Waals surface area contributed by atoms with Crippen LogP contribution in [-0.4, -0.2) is 31.8 Å². The third kappa shape index (κ3) is 12.0. The summed E-state index contributed by atoms with van der Waals surface area (Å²) in [4.78, 5) is 24.6. The SMILES string of the molecule is CCCCCCCCCCCC(=O)N/N=C\c1ccc(OC(=O)c2ccc(OCCC)cc2)c(OC)c1. The molecule has 37 heavy (non-hydrogen) atoms. The van der Waals surface area contributed by atoms with Crippen LogP contribution in [0.15, 0.2) is 47.6 Å². The van der Waals surface area contributed by atoms with Crippen molar-refractivity contribution in [2.75, 3.05) is 13.7 Å². The molecule has 1 amide bonds. The van der Waals surface area contributed by atoms with Gasteiger partial charge in [-0.3, -0.25) is 4.79 Å². The number of benzene rings is 2. The number of hydrazone groups is 1. The van der Waals surface area contributed by atoms with Crippen molar-refractivity contribution in [3.8, 4) is 17.2 Å². The van der Waals surface area contributed by atoms with Gasteiger partial charge in [0.25, 0.3) is 0 Å². The number of nitrogens with zero attached hydrogens (tertiary/aromatic N) is 1. The second kappa shape index (κ2) is 18.0. The van der Waals surface area contributed by atoms with E-state index >= 15 is 0 Å². The van der Waals surface area contributed by atoms with Crippen LogP contribution in [0, 0.1) is 0 Å². The summed E-state index contributed by atoms with van der Waals surface area (Å²) in [6.07, 6.45) is 13.8. The van der Waals surface area contributed by atoms with Gasteiger partial charge in [0.15, 0.2) is 11.5 Å². The topological polar surface area (TPSA) is 86.2 Å². The van der Waals surface area contributed by atoms with Crippen LogP contribution >= 0.6 is 0 Å². The van der Waals surface area contributed by atoms with Gasteiger partial charge in [-0.25, -0.2) is 10.2 Å². The molecule has 0 aliphatic rings. The summed E-state index contributed by atoms with van der Waals surface area (Å²) in [6.45, 7) is 4.89. The van der Waals surface area contributed by atoms with Gasteiger partial charge in [0.05, 0.1) is 25.5 Å². The minimum Gasteiger partial charge on any atom is -0.494 e. The Bertz CT molecular complexity index is 972. The highest BCUT2D eigenvalue weighted by Gasteiger charge is 2.13. The Labute approximate surface area is 221 Å². The number of carbonyl (C=O) groups is 2. The number of nitrogens with one attached hydrogen (secondary N) is 1. The largest absolute Gasteiger partial charge is 0.494 e. The number of carbonyl (C=O) groups excluding carboxylic acids is 2. The zero-order valence-electron chi connectivity index (χ0n) is 22.6. The van der Waals surface area contributed by atoms with Gasteiger partial charge in [-0.05, 0) is 60.9 Å². The summed E-state index contributed by atoms with van der Waals surface area (Å²) in [6, 6.07) is 11.9. The van der Waals surface area contributed by atoms with Gasteiger partial charge in [0.1, 0.15) is 5.75 Å². The zero-order valence-corrected chi connectivity index (χ0v) is 22.6. The first kappa shape index (κ1) is 29.9. The van der Waals surface area contributed by atoms with E-state index in [0.29, 0.717) is 41.4 Å². The van der Waals surface area contributed by atoms with Crippen LogP contribution in [0.5, 0.6) is 17.2 Å². The lowest BCUT2D eigenvalue weighted by atomic mass is 10.1. The monoisotopic (exact) mass is 510 g/mol. The van der Waals surface area contributed by atoms with E-state index in [4.69, 9.17) is 14.2 Å². The van der Waals surface area contributed by atoms with Crippen molar-refractivity contribution in [3.63, 3.8) is 0 Å². The average molecular weight is 511 g/mol. The number of rotatable bonds is 18. The van der Waals surface area contributed by atoms with E-state index in [-0.39, 0.29) is 5.91 Å². The minimum atomic E-state index is -0.495. The molecule has 0 aromatic heterocycles. The molecule has 2 aromatic carbocycles. The summed E-state index contributed by atoms with van der Waals surface area (Å²) in [7, 11) is 1.50. The molecule has 202 valence electrons. The van der Waals surface area contributed by atoms with Crippen LogP contribution in [0.2, 0.25) is 0 Å². The summed E-state index contributed by atoms with van der Waals surface area (Å²) in [5, 5.41) is 4.04. The third-order valence-corrected chi connectivity index (χ3v) is 5.86. The van der Waals surface area contributed by atoms with Crippen molar-refractivity contribution in [3.05, 3.63) is 53.6 Å². The average Bonchev–Trinajstić information content (AvgIpc) is 2.92. The van der Waals surface area contributed by atoms with Gasteiger partial charge in [-0.1, -0.05) is 65.2 Å². The Morgan fingerprint density at radius 3 is 2.16 bits per heavy atom. The molecule has 0 fully saturated rings. The molecule has 0 aliphatic heterocycles. The highest BCUT2D eigenvalue weighted by atomic mass is 16.6. The number of methoxy groups -OCH3 is 1. The Morgan fingerprint density at radius 1 is 0.838 bits per heavy atom. The van der Waals surface area contributed by atoms with Crippen molar-refractivity contribution in [2.45, 2.75) is 84.5 Å². The molecule has 0 saturated heterocycles. The van der Waals surface area contributed by atoms with Gasteiger partial charge in [-0.15, -0.1) is 0 Å². The molecule has 0 spiro atoms. The molecule has 7 nitrogen and oxygen atoms in total. The van der Waals surface area contributed by atoms with Crippen LogP contribution in [0.4, 0.5) is 0 Å². The molecule has 0 saturated carbocycles. The molecule has 1 N–H and O–H groups in total. The predicted molar refractivity (Wildman–Crippen MR) is 148 cm³/mol. The first-order chi connectivity index (χ1) is 18.1. The molecule has 0 radical (unpaired) electrons. The molecule has 0 atom stereocenters. The fourth-order valence-corrected chi connectivity index (χ4v) is 3.75. The van der Waals surface area contributed by atoms with Gasteiger partial charge in [0.2, 0.25) is 5.91 Å². The zero-order chi connectivity index (χ0) is 26.7. The molecule has 0 bridgehead atoms. The Kier molecular flexibility index (Phi) is 14.5. The maximum absolute atomic E-state index is 12.5. The maximum atomic E-state index is 12.5. The highest BCUT2D eigenvalue weighted by Crippen LogP contribution is 2.28. The maximum Gasteiger partial charge on any atom is 0.343 e. The molecule has 2 rings (SSSR count). The summed E-state index contributed by atoms with van der Waals surface area (Å²) in [5.74, 6) is 0.805. The molecular weight excluding hydrogens is 468 g/mol.